The van der Waals surface area contributed by atoms with Crippen LogP contribution in [-0.2, 0) is 4.79 Å². The molecule has 0 spiro atoms. The van der Waals surface area contributed by atoms with Gasteiger partial charge >= 0.3 is 5.97 Å². The Bertz CT molecular complexity index is 342. The second-order valence-corrected chi connectivity index (χ2v) is 8.95. The summed E-state index contributed by atoms with van der Waals surface area (Å²) in [6.45, 7) is 11.0. The largest absolute Gasteiger partial charge is 0.481 e. The minimum Gasteiger partial charge on any atom is -0.481 e. The Morgan fingerprint density at radius 3 is 1.72 bits per heavy atom. The van der Waals surface area contributed by atoms with Crippen LogP contribution < -0.4 is 11.1 Å². The summed E-state index contributed by atoms with van der Waals surface area (Å²) in [5.74, 6) is 0.212. The van der Waals surface area contributed by atoms with Crippen molar-refractivity contribution in [1.82, 2.24) is 10.2 Å². The fraction of sp³-hybridized carbons (Fsp3) is 0.958. The van der Waals surface area contributed by atoms with Gasteiger partial charge in [0.15, 0.2) is 0 Å². The molecule has 1 rings (SSSR count). The normalized spacial score (nSPS) is 14.6. The maximum atomic E-state index is 10.3. The van der Waals surface area contributed by atoms with Crippen molar-refractivity contribution < 1.29 is 9.90 Å². The highest BCUT2D eigenvalue weighted by atomic mass is 16.4. The number of carbonyl (C=O) groups is 1. The van der Waals surface area contributed by atoms with Gasteiger partial charge in [0.25, 0.3) is 0 Å². The van der Waals surface area contributed by atoms with Crippen molar-refractivity contribution >= 4 is 5.97 Å². The Morgan fingerprint density at radius 2 is 1.31 bits per heavy atom. The summed E-state index contributed by atoms with van der Waals surface area (Å²) < 4.78 is 0. The van der Waals surface area contributed by atoms with E-state index < -0.39 is 5.97 Å². The van der Waals surface area contributed by atoms with Crippen molar-refractivity contribution in [2.75, 3.05) is 39.3 Å². The highest BCUT2D eigenvalue weighted by Crippen LogP contribution is 2.14. The maximum absolute atomic E-state index is 10.3. The van der Waals surface area contributed by atoms with Crippen LogP contribution in [0.5, 0.6) is 0 Å². The van der Waals surface area contributed by atoms with Gasteiger partial charge in [-0.1, -0.05) is 90.9 Å². The Balaban J connectivity index is 0.000000717. The molecule has 5 heteroatoms. The van der Waals surface area contributed by atoms with E-state index >= 15 is 0 Å². The first kappa shape index (κ1) is 28.4. The molecule has 4 N–H and O–H groups in total. The van der Waals surface area contributed by atoms with Gasteiger partial charge in [-0.3, -0.25) is 9.69 Å². The summed E-state index contributed by atoms with van der Waals surface area (Å²) in [5, 5.41) is 11.8. The van der Waals surface area contributed by atoms with Crippen molar-refractivity contribution in [1.29, 1.82) is 0 Å². The molecule has 29 heavy (non-hydrogen) atoms. The third kappa shape index (κ3) is 23.5. The summed E-state index contributed by atoms with van der Waals surface area (Å²) >= 11 is 0. The number of nitrogens with zero attached hydrogens (tertiary/aromatic N) is 1. The van der Waals surface area contributed by atoms with E-state index in [0.717, 1.165) is 58.0 Å². The predicted molar refractivity (Wildman–Crippen MR) is 125 cm³/mol. The average molecular weight is 414 g/mol. The molecule has 0 saturated carbocycles. The van der Waals surface area contributed by atoms with E-state index in [2.05, 4.69) is 24.1 Å². The predicted octanol–water partition coefficient (Wildman–Crippen LogP) is 5.04. The van der Waals surface area contributed by atoms with Gasteiger partial charge in [-0.15, -0.1) is 0 Å². The number of hydrogen-bond donors (Lipinski definition) is 3. The fourth-order valence-electron chi connectivity index (χ4n) is 3.71. The van der Waals surface area contributed by atoms with Crippen LogP contribution in [0.1, 0.15) is 104 Å². The number of nitrogens with two attached hydrogens (primary N) is 1. The lowest BCUT2D eigenvalue weighted by Gasteiger charge is -2.26. The molecule has 1 heterocycles. The molecule has 0 atom stereocenters. The zero-order chi connectivity index (χ0) is 21.6. The number of nitrogens with one attached hydrogen (secondary N) is 1. The highest BCUT2D eigenvalue weighted by molar-refractivity contribution is 5.66. The van der Waals surface area contributed by atoms with Crippen LogP contribution in [0.2, 0.25) is 0 Å². The molecule has 1 fully saturated rings. The van der Waals surface area contributed by atoms with E-state index in [1.54, 1.807) is 0 Å². The number of hydrogen-bond acceptors (Lipinski definition) is 4. The summed E-state index contributed by atoms with van der Waals surface area (Å²) in [4.78, 5) is 12.7. The van der Waals surface area contributed by atoms with Gasteiger partial charge in [0.05, 0.1) is 0 Å². The number of piperazine rings is 1. The maximum Gasteiger partial charge on any atom is 0.303 e. The summed E-state index contributed by atoms with van der Waals surface area (Å²) in [6.07, 6.45) is 17.3. The second-order valence-electron chi connectivity index (χ2n) is 8.95. The van der Waals surface area contributed by atoms with Gasteiger partial charge in [-0.05, 0) is 12.3 Å². The number of rotatable bonds is 17. The number of unbranched alkanes of at least 4 members (excludes halogenated alkanes) is 11. The Kier molecular flexibility index (Phi) is 21.6. The molecule has 1 aliphatic rings. The Hall–Kier alpha value is -0.650. The summed E-state index contributed by atoms with van der Waals surface area (Å²) in [5.41, 5.74) is 5.40. The fourth-order valence-corrected chi connectivity index (χ4v) is 3.71. The Labute approximate surface area is 181 Å². The molecule has 0 aliphatic carbocycles. The molecule has 5 nitrogen and oxygen atoms in total. The van der Waals surface area contributed by atoms with Crippen molar-refractivity contribution in [3.63, 3.8) is 0 Å². The molecular weight excluding hydrogens is 362 g/mol. The topological polar surface area (TPSA) is 78.6 Å². The second kappa shape index (κ2) is 22.0. The van der Waals surface area contributed by atoms with E-state index in [1.165, 1.54) is 70.6 Å². The average Bonchev–Trinajstić information content (AvgIpc) is 2.69. The highest BCUT2D eigenvalue weighted by Gasteiger charge is 2.06. The molecular formula is C24H51N3O2. The first-order chi connectivity index (χ1) is 14.1. The summed E-state index contributed by atoms with van der Waals surface area (Å²) in [6, 6.07) is 0. The molecule has 1 aliphatic heterocycles. The van der Waals surface area contributed by atoms with Crippen molar-refractivity contribution in [2.24, 2.45) is 11.7 Å². The molecule has 0 unspecified atom stereocenters. The lowest BCUT2D eigenvalue weighted by Crippen LogP contribution is -2.45. The third-order valence-electron chi connectivity index (χ3n) is 5.58. The van der Waals surface area contributed by atoms with Gasteiger partial charge in [0.1, 0.15) is 0 Å². The lowest BCUT2D eigenvalue weighted by molar-refractivity contribution is -0.137. The molecule has 0 aromatic heterocycles. The zero-order valence-electron chi connectivity index (χ0n) is 19.6. The van der Waals surface area contributed by atoms with Crippen LogP contribution >= 0.6 is 0 Å². The number of carboxylic acids is 1. The molecule has 0 amide bonds. The first-order valence-electron chi connectivity index (χ1n) is 12.4. The van der Waals surface area contributed by atoms with Crippen molar-refractivity contribution in [2.45, 2.75) is 104 Å². The van der Waals surface area contributed by atoms with Crippen LogP contribution in [0, 0.1) is 5.92 Å². The third-order valence-corrected chi connectivity index (χ3v) is 5.58. The molecule has 1 saturated heterocycles. The van der Waals surface area contributed by atoms with Gasteiger partial charge < -0.3 is 16.2 Å². The van der Waals surface area contributed by atoms with Crippen LogP contribution in [0.15, 0.2) is 0 Å². The molecule has 0 aromatic carbocycles. The molecule has 174 valence electrons. The van der Waals surface area contributed by atoms with Crippen LogP contribution in [0.3, 0.4) is 0 Å². The Morgan fingerprint density at radius 1 is 0.862 bits per heavy atom. The smallest absolute Gasteiger partial charge is 0.303 e. The zero-order valence-corrected chi connectivity index (χ0v) is 19.6. The first-order valence-corrected chi connectivity index (χ1v) is 12.4. The number of carboxylic acid groups (broad SMARTS) is 1. The van der Waals surface area contributed by atoms with E-state index in [4.69, 9.17) is 10.8 Å². The molecule has 0 bridgehead atoms. The van der Waals surface area contributed by atoms with Crippen LogP contribution in [-0.4, -0.2) is 55.2 Å². The van der Waals surface area contributed by atoms with Gasteiger partial charge in [-0.25, -0.2) is 0 Å². The van der Waals surface area contributed by atoms with Crippen molar-refractivity contribution in [3.8, 4) is 0 Å². The van der Waals surface area contributed by atoms with E-state index in [1.807, 2.05) is 0 Å². The quantitative estimate of drug-likeness (QED) is 0.291. The van der Waals surface area contributed by atoms with Gasteiger partial charge in [0.2, 0.25) is 0 Å². The van der Waals surface area contributed by atoms with E-state index in [0.29, 0.717) is 6.42 Å². The van der Waals surface area contributed by atoms with E-state index in [-0.39, 0.29) is 0 Å². The van der Waals surface area contributed by atoms with Crippen molar-refractivity contribution in [3.05, 3.63) is 0 Å². The summed E-state index contributed by atoms with van der Waals surface area (Å²) in [7, 11) is 0. The minimum atomic E-state index is -0.654. The number of aliphatic carboxylic acids is 1. The standard InChI is InChI=1S/C18H36O2.C6H15N3/c1-17(2)15-13-11-9-7-5-3-4-6-8-10-12-14-16-18(19)20;7-1-4-9-5-2-8-3-6-9/h17H,3-16H2,1-2H3,(H,19,20);8H,1-7H2. The lowest BCUT2D eigenvalue weighted by atomic mass is 10.0. The minimum absolute atomic E-state index is 0.344. The van der Waals surface area contributed by atoms with Gasteiger partial charge in [-0.2, -0.15) is 0 Å². The van der Waals surface area contributed by atoms with Crippen LogP contribution in [0.4, 0.5) is 0 Å². The monoisotopic (exact) mass is 413 g/mol. The molecule has 0 aromatic rings. The van der Waals surface area contributed by atoms with Crippen LogP contribution in [0.25, 0.3) is 0 Å². The van der Waals surface area contributed by atoms with E-state index in [9.17, 15) is 4.79 Å². The SMILES string of the molecule is CC(C)CCCCCCCCCCCCCCC(=O)O.NCCN1CCNCC1. The van der Waals surface area contributed by atoms with Gasteiger partial charge in [0, 0.05) is 45.7 Å². The molecule has 0 radical (unpaired) electrons.